The Balaban J connectivity index is 2.58. The molecule has 0 radical (unpaired) electrons. The summed E-state index contributed by atoms with van der Waals surface area (Å²) in [4.78, 5) is 22.5. The second kappa shape index (κ2) is 4.18. The summed E-state index contributed by atoms with van der Waals surface area (Å²) in [6, 6.07) is -0.849. The molecule has 0 unspecified atom stereocenters. The van der Waals surface area contributed by atoms with Gasteiger partial charge in [0.1, 0.15) is 6.04 Å². The maximum absolute atomic E-state index is 11.7. The van der Waals surface area contributed by atoms with Crippen molar-refractivity contribution in [2.24, 2.45) is 11.7 Å². The van der Waals surface area contributed by atoms with E-state index in [9.17, 15) is 9.59 Å². The minimum Gasteiger partial charge on any atom is -0.480 e. The number of hydrogen-bond donors (Lipinski definition) is 3. The van der Waals surface area contributed by atoms with Gasteiger partial charge in [-0.15, -0.1) is 0 Å². The molecule has 0 spiro atoms. The van der Waals surface area contributed by atoms with Gasteiger partial charge in [0, 0.05) is 0 Å². The molecular formula is C10H18N2O3. The number of rotatable bonds is 4. The van der Waals surface area contributed by atoms with E-state index in [0.29, 0.717) is 12.8 Å². The third kappa shape index (κ3) is 2.47. The molecule has 1 rings (SSSR count). The molecule has 5 heteroatoms. The van der Waals surface area contributed by atoms with E-state index in [1.54, 1.807) is 13.8 Å². The molecule has 5 nitrogen and oxygen atoms in total. The summed E-state index contributed by atoms with van der Waals surface area (Å²) < 4.78 is 0. The van der Waals surface area contributed by atoms with E-state index in [4.69, 9.17) is 10.8 Å². The van der Waals surface area contributed by atoms with Crippen LogP contribution >= 0.6 is 0 Å². The van der Waals surface area contributed by atoms with Crippen LogP contribution in [0.3, 0.4) is 0 Å². The van der Waals surface area contributed by atoms with Crippen molar-refractivity contribution in [3.63, 3.8) is 0 Å². The molecule has 4 N–H and O–H groups in total. The Morgan fingerprint density at radius 3 is 2.20 bits per heavy atom. The van der Waals surface area contributed by atoms with Gasteiger partial charge in [-0.2, -0.15) is 0 Å². The Hall–Kier alpha value is -1.10. The van der Waals surface area contributed by atoms with Crippen molar-refractivity contribution < 1.29 is 14.7 Å². The predicted molar refractivity (Wildman–Crippen MR) is 55.2 cm³/mol. The van der Waals surface area contributed by atoms with Crippen molar-refractivity contribution in [3.8, 4) is 0 Å². The maximum Gasteiger partial charge on any atom is 0.326 e. The Morgan fingerprint density at radius 2 is 1.93 bits per heavy atom. The molecule has 15 heavy (non-hydrogen) atoms. The Bertz CT molecular complexity index is 272. The van der Waals surface area contributed by atoms with Crippen molar-refractivity contribution >= 4 is 11.9 Å². The van der Waals surface area contributed by atoms with Gasteiger partial charge in [0.2, 0.25) is 5.91 Å². The normalized spacial score (nSPS) is 20.5. The van der Waals surface area contributed by atoms with Crippen molar-refractivity contribution in [1.82, 2.24) is 5.32 Å². The molecule has 0 aliphatic heterocycles. The monoisotopic (exact) mass is 214 g/mol. The summed E-state index contributed by atoms with van der Waals surface area (Å²) in [6.45, 7) is 3.51. The summed E-state index contributed by atoms with van der Waals surface area (Å²) in [5.74, 6) is -1.49. The number of amides is 1. The fourth-order valence-electron chi connectivity index (χ4n) is 1.58. The van der Waals surface area contributed by atoms with Crippen LogP contribution in [0.4, 0.5) is 0 Å². The van der Waals surface area contributed by atoms with Crippen LogP contribution in [0.15, 0.2) is 0 Å². The van der Waals surface area contributed by atoms with E-state index in [1.165, 1.54) is 0 Å². The molecular weight excluding hydrogens is 196 g/mol. The van der Waals surface area contributed by atoms with Crippen molar-refractivity contribution in [2.75, 3.05) is 0 Å². The molecule has 0 heterocycles. The fraction of sp³-hybridized carbons (Fsp3) is 0.800. The second-order valence-electron chi connectivity index (χ2n) is 4.54. The maximum atomic E-state index is 11.7. The van der Waals surface area contributed by atoms with Crippen LogP contribution in [0.1, 0.15) is 33.1 Å². The summed E-state index contributed by atoms with van der Waals surface area (Å²) in [6.07, 6.45) is 2.22. The lowest BCUT2D eigenvalue weighted by molar-refractivity contribution is -0.144. The molecule has 1 fully saturated rings. The molecule has 0 aromatic rings. The number of nitrogens with one attached hydrogen (secondary N) is 1. The number of carbonyl (C=O) groups excluding carboxylic acids is 1. The SMILES string of the molecule is CC(C)[C@@H](NC(=O)C1(N)CCC1)C(=O)O. The lowest BCUT2D eigenvalue weighted by Crippen LogP contribution is -2.61. The van der Waals surface area contributed by atoms with Crippen LogP contribution in [-0.2, 0) is 9.59 Å². The number of hydrogen-bond acceptors (Lipinski definition) is 3. The zero-order valence-corrected chi connectivity index (χ0v) is 9.12. The summed E-state index contributed by atoms with van der Waals surface area (Å²) in [7, 11) is 0. The highest BCUT2D eigenvalue weighted by molar-refractivity contribution is 5.90. The minimum atomic E-state index is -1.01. The number of carbonyl (C=O) groups is 2. The van der Waals surface area contributed by atoms with Crippen molar-refractivity contribution in [3.05, 3.63) is 0 Å². The number of aliphatic carboxylic acids is 1. The Kier molecular flexibility index (Phi) is 3.34. The van der Waals surface area contributed by atoms with Gasteiger partial charge in [0.25, 0.3) is 0 Å². The quantitative estimate of drug-likeness (QED) is 0.618. The van der Waals surface area contributed by atoms with Gasteiger partial charge >= 0.3 is 5.97 Å². The topological polar surface area (TPSA) is 92.4 Å². The van der Waals surface area contributed by atoms with Gasteiger partial charge < -0.3 is 16.2 Å². The number of carboxylic acids is 1. The van der Waals surface area contributed by atoms with Gasteiger partial charge in [-0.05, 0) is 25.2 Å². The lowest BCUT2D eigenvalue weighted by atomic mass is 9.77. The van der Waals surface area contributed by atoms with Crippen LogP contribution in [0.25, 0.3) is 0 Å². The Morgan fingerprint density at radius 1 is 1.40 bits per heavy atom. The van der Waals surface area contributed by atoms with Crippen LogP contribution < -0.4 is 11.1 Å². The van der Waals surface area contributed by atoms with Crippen LogP contribution in [0.2, 0.25) is 0 Å². The van der Waals surface area contributed by atoms with Gasteiger partial charge in [-0.25, -0.2) is 4.79 Å². The van der Waals surface area contributed by atoms with Gasteiger partial charge in [-0.3, -0.25) is 4.79 Å². The molecule has 0 saturated heterocycles. The zero-order valence-electron chi connectivity index (χ0n) is 9.12. The average molecular weight is 214 g/mol. The molecule has 1 atom stereocenters. The van der Waals surface area contributed by atoms with E-state index < -0.39 is 17.6 Å². The third-order valence-corrected chi connectivity index (χ3v) is 2.92. The van der Waals surface area contributed by atoms with Crippen LogP contribution in [-0.4, -0.2) is 28.6 Å². The number of nitrogens with two attached hydrogens (primary N) is 1. The summed E-state index contributed by atoms with van der Waals surface area (Å²) in [5.41, 5.74) is 4.96. The second-order valence-corrected chi connectivity index (χ2v) is 4.54. The summed E-state index contributed by atoms with van der Waals surface area (Å²) in [5, 5.41) is 11.4. The molecule has 1 amide bonds. The van der Waals surface area contributed by atoms with Gasteiger partial charge in [0.05, 0.1) is 5.54 Å². The smallest absolute Gasteiger partial charge is 0.326 e. The highest BCUT2D eigenvalue weighted by atomic mass is 16.4. The van der Waals surface area contributed by atoms with E-state index in [-0.39, 0.29) is 11.8 Å². The van der Waals surface area contributed by atoms with Gasteiger partial charge in [-0.1, -0.05) is 13.8 Å². The molecule has 1 saturated carbocycles. The molecule has 0 aromatic heterocycles. The third-order valence-electron chi connectivity index (χ3n) is 2.92. The Labute approximate surface area is 89.0 Å². The van der Waals surface area contributed by atoms with E-state index in [0.717, 1.165) is 6.42 Å². The highest BCUT2D eigenvalue weighted by Gasteiger charge is 2.41. The molecule has 0 aromatic carbocycles. The molecule has 0 bridgehead atoms. The van der Waals surface area contributed by atoms with E-state index in [1.807, 2.05) is 0 Å². The zero-order chi connectivity index (χ0) is 11.6. The van der Waals surface area contributed by atoms with Crippen molar-refractivity contribution in [2.45, 2.75) is 44.7 Å². The van der Waals surface area contributed by atoms with Crippen LogP contribution in [0.5, 0.6) is 0 Å². The first-order valence-corrected chi connectivity index (χ1v) is 5.19. The van der Waals surface area contributed by atoms with E-state index >= 15 is 0 Å². The predicted octanol–water partition coefficient (Wildman–Crippen LogP) is 0.0932. The average Bonchev–Trinajstić information content (AvgIpc) is 2.08. The standard InChI is InChI=1S/C10H18N2O3/c1-6(2)7(8(13)14)12-9(15)10(11)4-3-5-10/h6-7H,3-5,11H2,1-2H3,(H,12,15)(H,13,14)/t7-/m1/s1. The first-order valence-electron chi connectivity index (χ1n) is 5.19. The fourth-order valence-corrected chi connectivity index (χ4v) is 1.58. The highest BCUT2D eigenvalue weighted by Crippen LogP contribution is 2.29. The van der Waals surface area contributed by atoms with Crippen LogP contribution in [0, 0.1) is 5.92 Å². The molecule has 1 aliphatic carbocycles. The van der Waals surface area contributed by atoms with E-state index in [2.05, 4.69) is 5.32 Å². The first-order chi connectivity index (χ1) is 6.87. The first kappa shape index (κ1) is 12.0. The molecule has 86 valence electrons. The van der Waals surface area contributed by atoms with Gasteiger partial charge in [0.15, 0.2) is 0 Å². The minimum absolute atomic E-state index is 0.143. The largest absolute Gasteiger partial charge is 0.480 e. The molecule has 1 aliphatic rings. The number of carboxylic acid groups (broad SMARTS) is 1. The summed E-state index contributed by atoms with van der Waals surface area (Å²) >= 11 is 0. The lowest BCUT2D eigenvalue weighted by Gasteiger charge is -2.37. The van der Waals surface area contributed by atoms with Crippen molar-refractivity contribution in [1.29, 1.82) is 0 Å².